The zero-order valence-corrected chi connectivity index (χ0v) is 18.4. The van der Waals surface area contributed by atoms with Crippen LogP contribution in [0.1, 0.15) is 0 Å². The number of hydrogen-bond donors (Lipinski definition) is 2. The van der Waals surface area contributed by atoms with Crippen LogP contribution in [-0.2, 0) is 0 Å². The average Bonchev–Trinajstić information content (AvgIpc) is 2.88. The lowest BCUT2D eigenvalue weighted by atomic mass is 9.88. The highest BCUT2D eigenvalue weighted by Gasteiger charge is 2.13. The minimum absolute atomic E-state index is 0.278. The van der Waals surface area contributed by atoms with Crippen LogP contribution in [-0.4, -0.2) is 10.2 Å². The number of phenols is 2. The van der Waals surface area contributed by atoms with E-state index in [1.54, 1.807) is 24.3 Å². The Bertz CT molecular complexity index is 1550. The Labute approximate surface area is 198 Å². The summed E-state index contributed by atoms with van der Waals surface area (Å²) in [4.78, 5) is 0. The van der Waals surface area contributed by atoms with Crippen LogP contribution < -0.4 is 0 Å². The fourth-order valence-corrected chi connectivity index (χ4v) is 4.74. The molecule has 162 valence electrons. The number of benzene rings is 6. The Kier molecular flexibility index (Phi) is 4.78. The summed E-state index contributed by atoms with van der Waals surface area (Å²) in [6.45, 7) is 0. The maximum Gasteiger partial charge on any atom is 0.116 e. The van der Waals surface area contributed by atoms with Crippen molar-refractivity contribution in [3.05, 3.63) is 121 Å². The second kappa shape index (κ2) is 8.09. The lowest BCUT2D eigenvalue weighted by Crippen LogP contribution is -1.89. The van der Waals surface area contributed by atoms with E-state index in [2.05, 4.69) is 84.9 Å². The monoisotopic (exact) mass is 438 g/mol. The minimum Gasteiger partial charge on any atom is -0.508 e. The summed E-state index contributed by atoms with van der Waals surface area (Å²) in [5, 5.41) is 23.9. The van der Waals surface area contributed by atoms with E-state index >= 15 is 0 Å². The summed E-state index contributed by atoms with van der Waals surface area (Å²) >= 11 is 0. The predicted molar refractivity (Wildman–Crippen MR) is 141 cm³/mol. The molecule has 0 unspecified atom stereocenters. The molecule has 0 amide bonds. The van der Waals surface area contributed by atoms with Gasteiger partial charge >= 0.3 is 0 Å². The molecule has 34 heavy (non-hydrogen) atoms. The van der Waals surface area contributed by atoms with Gasteiger partial charge in [-0.15, -0.1) is 0 Å². The fourth-order valence-electron chi connectivity index (χ4n) is 4.74. The molecule has 0 heterocycles. The Morgan fingerprint density at radius 3 is 1.12 bits per heavy atom. The number of aromatic hydroxyl groups is 2. The average molecular weight is 439 g/mol. The molecule has 0 aromatic heterocycles. The molecule has 0 aliphatic carbocycles. The maximum atomic E-state index is 9.82. The van der Waals surface area contributed by atoms with Gasteiger partial charge in [0.1, 0.15) is 11.5 Å². The normalized spacial score (nSPS) is 11.2. The Morgan fingerprint density at radius 1 is 0.324 bits per heavy atom. The van der Waals surface area contributed by atoms with E-state index in [0.717, 1.165) is 43.8 Å². The summed E-state index contributed by atoms with van der Waals surface area (Å²) < 4.78 is 0. The van der Waals surface area contributed by atoms with Gasteiger partial charge in [-0.2, -0.15) is 0 Å². The molecule has 0 spiro atoms. The zero-order valence-electron chi connectivity index (χ0n) is 18.4. The molecule has 2 nitrogen and oxygen atoms in total. The van der Waals surface area contributed by atoms with Crippen molar-refractivity contribution in [1.29, 1.82) is 0 Å². The minimum atomic E-state index is 0.278. The van der Waals surface area contributed by atoms with Crippen molar-refractivity contribution in [3.8, 4) is 44.9 Å². The molecule has 0 aliphatic heterocycles. The van der Waals surface area contributed by atoms with Gasteiger partial charge in [0.05, 0.1) is 0 Å². The predicted octanol–water partition coefficient (Wildman–Crippen LogP) is 8.41. The van der Waals surface area contributed by atoms with Crippen molar-refractivity contribution in [1.82, 2.24) is 0 Å². The first kappa shape index (κ1) is 20.1. The maximum absolute atomic E-state index is 9.82. The van der Waals surface area contributed by atoms with Crippen molar-refractivity contribution >= 4 is 21.5 Å². The van der Waals surface area contributed by atoms with Crippen LogP contribution in [0.25, 0.3) is 54.9 Å². The van der Waals surface area contributed by atoms with E-state index < -0.39 is 0 Å². The molecule has 6 aromatic rings. The zero-order chi connectivity index (χ0) is 23.1. The lowest BCUT2D eigenvalue weighted by Gasteiger charge is -2.15. The Morgan fingerprint density at radius 2 is 0.676 bits per heavy atom. The van der Waals surface area contributed by atoms with E-state index in [-0.39, 0.29) is 11.5 Å². The van der Waals surface area contributed by atoms with Gasteiger partial charge in [-0.3, -0.25) is 0 Å². The third kappa shape index (κ3) is 3.56. The first-order valence-electron chi connectivity index (χ1n) is 11.3. The van der Waals surface area contributed by atoms with Gasteiger partial charge in [0.25, 0.3) is 0 Å². The van der Waals surface area contributed by atoms with Crippen LogP contribution in [0.5, 0.6) is 11.5 Å². The van der Waals surface area contributed by atoms with Crippen molar-refractivity contribution in [2.45, 2.75) is 0 Å². The highest BCUT2D eigenvalue weighted by molar-refractivity contribution is 5.97. The molecule has 0 saturated carbocycles. The van der Waals surface area contributed by atoms with Crippen molar-refractivity contribution in [3.63, 3.8) is 0 Å². The van der Waals surface area contributed by atoms with E-state index in [0.29, 0.717) is 0 Å². The highest BCUT2D eigenvalue weighted by atomic mass is 16.3. The van der Waals surface area contributed by atoms with Crippen LogP contribution in [0, 0.1) is 0 Å². The van der Waals surface area contributed by atoms with Gasteiger partial charge in [0, 0.05) is 0 Å². The van der Waals surface area contributed by atoms with Gasteiger partial charge in [-0.25, -0.2) is 0 Å². The SMILES string of the molecule is Oc1ccc2cc(-c3ccccc3-c3ccccc3-c3ccc4cc(O)ccc4c3)ccc2c1. The fraction of sp³-hybridized carbons (Fsp3) is 0. The standard InChI is InChI=1S/C32H22O2/c33-27-15-13-21-17-25(11-9-23(21)19-27)29-5-1-3-7-31(29)32-8-4-2-6-30(32)26-12-10-24-20-28(34)16-14-22(24)18-26/h1-20,33-34H. The molecular weight excluding hydrogens is 416 g/mol. The van der Waals surface area contributed by atoms with Crippen molar-refractivity contribution in [2.24, 2.45) is 0 Å². The molecule has 0 bridgehead atoms. The summed E-state index contributed by atoms with van der Waals surface area (Å²) in [5.41, 5.74) is 6.94. The third-order valence-corrected chi connectivity index (χ3v) is 6.41. The smallest absolute Gasteiger partial charge is 0.116 e. The molecule has 0 atom stereocenters. The number of rotatable bonds is 3. The van der Waals surface area contributed by atoms with Crippen molar-refractivity contribution < 1.29 is 10.2 Å². The lowest BCUT2D eigenvalue weighted by molar-refractivity contribution is 0.475. The van der Waals surface area contributed by atoms with Crippen molar-refractivity contribution in [2.75, 3.05) is 0 Å². The molecule has 6 aromatic carbocycles. The second-order valence-corrected chi connectivity index (χ2v) is 8.58. The van der Waals surface area contributed by atoms with Gasteiger partial charge in [0.15, 0.2) is 0 Å². The van der Waals surface area contributed by atoms with Crippen LogP contribution in [0.15, 0.2) is 121 Å². The van der Waals surface area contributed by atoms with E-state index in [4.69, 9.17) is 0 Å². The summed E-state index contributed by atoms with van der Waals surface area (Å²) in [5.74, 6) is 0.556. The molecule has 6 rings (SSSR count). The molecule has 0 saturated heterocycles. The van der Waals surface area contributed by atoms with Crippen LogP contribution in [0.2, 0.25) is 0 Å². The van der Waals surface area contributed by atoms with Crippen LogP contribution in [0.3, 0.4) is 0 Å². The van der Waals surface area contributed by atoms with Crippen LogP contribution >= 0.6 is 0 Å². The molecule has 2 N–H and O–H groups in total. The van der Waals surface area contributed by atoms with Gasteiger partial charge in [-0.1, -0.05) is 84.9 Å². The summed E-state index contributed by atoms with van der Waals surface area (Å²) in [6.07, 6.45) is 0. The van der Waals surface area contributed by atoms with E-state index in [9.17, 15) is 10.2 Å². The first-order valence-corrected chi connectivity index (χ1v) is 11.3. The summed E-state index contributed by atoms with van der Waals surface area (Å²) in [6, 6.07) is 40.7. The molecule has 0 aliphatic rings. The second-order valence-electron chi connectivity index (χ2n) is 8.58. The molecule has 2 heteroatoms. The molecular formula is C32H22O2. The largest absolute Gasteiger partial charge is 0.508 e. The quantitative estimate of drug-likeness (QED) is 0.291. The number of hydrogen-bond acceptors (Lipinski definition) is 2. The van der Waals surface area contributed by atoms with Gasteiger partial charge in [-0.05, 0) is 91.3 Å². The topological polar surface area (TPSA) is 40.5 Å². The first-order chi connectivity index (χ1) is 16.7. The van der Waals surface area contributed by atoms with Gasteiger partial charge < -0.3 is 10.2 Å². The Hall–Kier alpha value is -4.56. The Balaban J connectivity index is 1.52. The summed E-state index contributed by atoms with van der Waals surface area (Å²) in [7, 11) is 0. The molecule has 0 fully saturated rings. The van der Waals surface area contributed by atoms with Gasteiger partial charge in [0.2, 0.25) is 0 Å². The van der Waals surface area contributed by atoms with E-state index in [1.165, 1.54) is 11.1 Å². The van der Waals surface area contributed by atoms with Crippen LogP contribution in [0.4, 0.5) is 0 Å². The van der Waals surface area contributed by atoms with E-state index in [1.807, 2.05) is 12.1 Å². The number of phenolic OH excluding ortho intramolecular Hbond substituents is 2. The number of fused-ring (bicyclic) bond motifs is 2. The highest BCUT2D eigenvalue weighted by Crippen LogP contribution is 2.39. The third-order valence-electron chi connectivity index (χ3n) is 6.41. The molecule has 0 radical (unpaired) electrons.